The molecule has 0 amide bonds. The Labute approximate surface area is 131 Å². The summed E-state index contributed by atoms with van der Waals surface area (Å²) in [5, 5.41) is 5.06. The molecule has 0 heterocycles. The molecule has 0 saturated carbocycles. The third-order valence-corrected chi connectivity index (χ3v) is 4.38. The van der Waals surface area contributed by atoms with E-state index in [9.17, 15) is 17.2 Å². The third-order valence-electron chi connectivity index (χ3n) is 3.06. The fourth-order valence-electron chi connectivity index (χ4n) is 1.66. The Morgan fingerprint density at radius 1 is 1.33 bits per heavy atom. The summed E-state index contributed by atoms with van der Waals surface area (Å²) in [5.74, 6) is -3.19. The van der Waals surface area contributed by atoms with Gasteiger partial charge in [-0.3, -0.25) is 0 Å². The first-order chi connectivity index (χ1) is 9.40. The molecule has 0 saturated heterocycles. The summed E-state index contributed by atoms with van der Waals surface area (Å²) in [5.41, 5.74) is -0.423. The van der Waals surface area contributed by atoms with Crippen LogP contribution in [0, 0.1) is 23.0 Å². The zero-order valence-corrected chi connectivity index (χ0v) is 14.4. The van der Waals surface area contributed by atoms with Crippen molar-refractivity contribution < 1.29 is 21.9 Å². The zero-order valence-electron chi connectivity index (χ0n) is 12.0. The molecule has 1 rings (SSSR count). The zero-order chi connectivity index (χ0) is 16.4. The van der Waals surface area contributed by atoms with Gasteiger partial charge in [0.25, 0.3) is 0 Å². The number of benzene rings is 1. The lowest BCUT2D eigenvalue weighted by molar-refractivity contribution is 0.158. The van der Waals surface area contributed by atoms with Crippen molar-refractivity contribution in [3.63, 3.8) is 0 Å². The lowest BCUT2D eigenvalue weighted by Crippen LogP contribution is -2.35. The van der Waals surface area contributed by atoms with E-state index in [-0.39, 0.29) is 18.1 Å². The SMILES string of the molecule is CC(C)(C)C(COc1cc(Br)cc(F)c1F)CS(N)(=O)=O. The van der Waals surface area contributed by atoms with E-state index in [1.54, 1.807) is 0 Å². The maximum atomic E-state index is 13.6. The van der Waals surface area contributed by atoms with Gasteiger partial charge in [-0.1, -0.05) is 36.7 Å². The number of hydrogen-bond donors (Lipinski definition) is 1. The first-order valence-electron chi connectivity index (χ1n) is 6.18. The number of halogens is 3. The normalized spacial score (nSPS) is 14.0. The highest BCUT2D eigenvalue weighted by molar-refractivity contribution is 9.10. The minimum absolute atomic E-state index is 0.0905. The van der Waals surface area contributed by atoms with E-state index in [2.05, 4.69) is 15.9 Å². The summed E-state index contributed by atoms with van der Waals surface area (Å²) in [7, 11) is -3.69. The molecule has 1 unspecified atom stereocenters. The molecule has 1 aromatic carbocycles. The minimum Gasteiger partial charge on any atom is -0.490 e. The van der Waals surface area contributed by atoms with Crippen LogP contribution in [-0.4, -0.2) is 20.8 Å². The van der Waals surface area contributed by atoms with Crippen molar-refractivity contribution in [2.24, 2.45) is 16.5 Å². The van der Waals surface area contributed by atoms with Crippen LogP contribution in [0.1, 0.15) is 20.8 Å². The topological polar surface area (TPSA) is 69.4 Å². The van der Waals surface area contributed by atoms with Crippen LogP contribution in [-0.2, 0) is 10.0 Å². The molecule has 2 N–H and O–H groups in total. The van der Waals surface area contributed by atoms with Crippen molar-refractivity contribution in [2.75, 3.05) is 12.4 Å². The molecular formula is C13H18BrF2NO3S. The molecule has 4 nitrogen and oxygen atoms in total. The molecule has 0 aliphatic rings. The van der Waals surface area contributed by atoms with Crippen LogP contribution in [0.3, 0.4) is 0 Å². The van der Waals surface area contributed by atoms with Crippen molar-refractivity contribution in [1.29, 1.82) is 0 Å². The molecule has 0 radical (unpaired) electrons. The van der Waals surface area contributed by atoms with Gasteiger partial charge >= 0.3 is 0 Å². The van der Waals surface area contributed by atoms with Crippen molar-refractivity contribution >= 4 is 26.0 Å². The van der Waals surface area contributed by atoms with Crippen molar-refractivity contribution in [3.8, 4) is 5.75 Å². The molecular weight excluding hydrogens is 368 g/mol. The maximum absolute atomic E-state index is 13.6. The quantitative estimate of drug-likeness (QED) is 0.791. The summed E-state index contributed by atoms with van der Waals surface area (Å²) in [6, 6.07) is 2.27. The maximum Gasteiger partial charge on any atom is 0.209 e. The Balaban J connectivity index is 2.92. The highest BCUT2D eigenvalue weighted by Gasteiger charge is 2.29. The minimum atomic E-state index is -3.69. The molecule has 0 aliphatic heterocycles. The average molecular weight is 386 g/mol. The Morgan fingerprint density at radius 3 is 2.38 bits per heavy atom. The molecule has 120 valence electrons. The second-order valence-electron chi connectivity index (χ2n) is 5.90. The molecule has 1 aromatic rings. The van der Waals surface area contributed by atoms with Gasteiger partial charge in [-0.05, 0) is 17.5 Å². The van der Waals surface area contributed by atoms with Gasteiger partial charge in [0, 0.05) is 10.4 Å². The number of primary sulfonamides is 1. The van der Waals surface area contributed by atoms with Crippen LogP contribution in [0.5, 0.6) is 5.75 Å². The number of sulfonamides is 1. The third kappa shape index (κ3) is 5.88. The highest BCUT2D eigenvalue weighted by atomic mass is 79.9. The van der Waals surface area contributed by atoms with Crippen LogP contribution in [0.4, 0.5) is 8.78 Å². The average Bonchev–Trinajstić information content (AvgIpc) is 2.27. The first-order valence-corrected chi connectivity index (χ1v) is 8.69. The van der Waals surface area contributed by atoms with Crippen LogP contribution in [0.15, 0.2) is 16.6 Å². The van der Waals surface area contributed by atoms with Gasteiger partial charge < -0.3 is 4.74 Å². The summed E-state index contributed by atoms with van der Waals surface area (Å²) < 4.78 is 55.0. The van der Waals surface area contributed by atoms with E-state index in [1.165, 1.54) is 6.07 Å². The van der Waals surface area contributed by atoms with Crippen molar-refractivity contribution in [2.45, 2.75) is 20.8 Å². The van der Waals surface area contributed by atoms with Crippen LogP contribution in [0.2, 0.25) is 0 Å². The van der Waals surface area contributed by atoms with Crippen LogP contribution >= 0.6 is 15.9 Å². The van der Waals surface area contributed by atoms with Crippen molar-refractivity contribution in [1.82, 2.24) is 0 Å². The molecule has 0 bridgehead atoms. The standard InChI is InChI=1S/C13H18BrF2NO3S/c1-13(2,3)8(7-21(17,18)19)6-20-11-5-9(14)4-10(15)12(11)16/h4-5,8H,6-7H2,1-3H3,(H2,17,18,19). The lowest BCUT2D eigenvalue weighted by Gasteiger charge is -2.29. The molecule has 1 atom stereocenters. The van der Waals surface area contributed by atoms with E-state index < -0.39 is 33.0 Å². The number of hydrogen-bond acceptors (Lipinski definition) is 3. The molecule has 0 aliphatic carbocycles. The molecule has 0 spiro atoms. The van der Waals surface area contributed by atoms with Crippen LogP contribution in [0.25, 0.3) is 0 Å². The van der Waals surface area contributed by atoms with Gasteiger partial charge in [0.15, 0.2) is 11.6 Å². The predicted octanol–water partition coefficient (Wildman–Crippen LogP) is 3.06. The molecule has 21 heavy (non-hydrogen) atoms. The summed E-state index contributed by atoms with van der Waals surface area (Å²) in [4.78, 5) is 0. The lowest BCUT2D eigenvalue weighted by atomic mass is 9.82. The number of ether oxygens (including phenoxy) is 1. The fourth-order valence-corrected chi connectivity index (χ4v) is 3.22. The largest absolute Gasteiger partial charge is 0.490 e. The van der Waals surface area contributed by atoms with Gasteiger partial charge in [-0.2, -0.15) is 4.39 Å². The molecule has 8 heteroatoms. The van der Waals surface area contributed by atoms with Crippen LogP contribution < -0.4 is 9.88 Å². The Kier molecular flexibility index (Phi) is 5.74. The predicted molar refractivity (Wildman–Crippen MR) is 80.5 cm³/mol. The van der Waals surface area contributed by atoms with E-state index in [0.717, 1.165) is 6.07 Å². The van der Waals surface area contributed by atoms with Gasteiger partial charge in [-0.25, -0.2) is 17.9 Å². The van der Waals surface area contributed by atoms with E-state index in [4.69, 9.17) is 9.88 Å². The molecule has 0 fully saturated rings. The smallest absolute Gasteiger partial charge is 0.209 e. The Bertz CT molecular complexity index is 615. The molecule has 0 aromatic heterocycles. The Morgan fingerprint density at radius 2 is 1.90 bits per heavy atom. The number of rotatable bonds is 5. The fraction of sp³-hybridized carbons (Fsp3) is 0.538. The van der Waals surface area contributed by atoms with Gasteiger partial charge in [0.2, 0.25) is 15.8 Å². The van der Waals surface area contributed by atoms with Gasteiger partial charge in [0.1, 0.15) is 0 Å². The summed E-state index contributed by atoms with van der Waals surface area (Å²) in [6.45, 7) is 5.38. The second-order valence-corrected chi connectivity index (χ2v) is 8.48. The van der Waals surface area contributed by atoms with Gasteiger partial charge in [-0.15, -0.1) is 0 Å². The van der Waals surface area contributed by atoms with E-state index in [0.29, 0.717) is 4.47 Å². The van der Waals surface area contributed by atoms with E-state index >= 15 is 0 Å². The first kappa shape index (κ1) is 18.3. The number of nitrogens with two attached hydrogens (primary N) is 1. The monoisotopic (exact) mass is 385 g/mol. The Hall–Kier alpha value is -0.730. The van der Waals surface area contributed by atoms with Crippen molar-refractivity contribution in [3.05, 3.63) is 28.2 Å². The second kappa shape index (κ2) is 6.58. The summed E-state index contributed by atoms with van der Waals surface area (Å²) in [6.07, 6.45) is 0. The van der Waals surface area contributed by atoms with Gasteiger partial charge in [0.05, 0.1) is 12.4 Å². The summed E-state index contributed by atoms with van der Waals surface area (Å²) >= 11 is 3.04. The van der Waals surface area contributed by atoms with E-state index in [1.807, 2.05) is 20.8 Å². The highest BCUT2D eigenvalue weighted by Crippen LogP contribution is 2.30.